The summed E-state index contributed by atoms with van der Waals surface area (Å²) in [6.45, 7) is 5.06. The lowest BCUT2D eigenvalue weighted by Gasteiger charge is -2.39. The van der Waals surface area contributed by atoms with Crippen LogP contribution in [0, 0.1) is 17.8 Å². The molecule has 128 valence electrons. The number of nitrogens with zero attached hydrogens (tertiary/aromatic N) is 1. The fraction of sp³-hybridized carbons (Fsp3) is 1.00. The summed E-state index contributed by atoms with van der Waals surface area (Å²) in [5.41, 5.74) is -0.740. The van der Waals surface area contributed by atoms with Crippen LogP contribution in [0.2, 0.25) is 0 Å². The molecule has 1 aliphatic heterocycles. The van der Waals surface area contributed by atoms with Gasteiger partial charge in [-0.15, -0.1) is 0 Å². The van der Waals surface area contributed by atoms with Crippen molar-refractivity contribution in [2.75, 3.05) is 0 Å². The van der Waals surface area contributed by atoms with E-state index in [9.17, 15) is 26.3 Å². The molecule has 4 unspecified atom stereocenters. The van der Waals surface area contributed by atoms with Crippen LogP contribution in [0.25, 0.3) is 0 Å². The molecule has 0 aromatic rings. The van der Waals surface area contributed by atoms with Gasteiger partial charge in [0.05, 0.1) is 0 Å². The number of rotatable bonds is 0. The molecule has 1 nitrogen and oxygen atoms in total. The van der Waals surface area contributed by atoms with Gasteiger partial charge in [0.15, 0.2) is 0 Å². The molecule has 1 heterocycles. The van der Waals surface area contributed by atoms with E-state index < -0.39 is 40.5 Å². The summed E-state index contributed by atoms with van der Waals surface area (Å²) in [5, 5.41) is 0. The van der Waals surface area contributed by atoms with E-state index in [1.165, 1.54) is 4.31 Å². The van der Waals surface area contributed by atoms with Crippen LogP contribution in [-0.2, 0) is 0 Å². The van der Waals surface area contributed by atoms with Crippen molar-refractivity contribution in [2.45, 2.75) is 68.7 Å². The van der Waals surface area contributed by atoms with Gasteiger partial charge >= 0.3 is 12.4 Å². The first-order valence-corrected chi connectivity index (χ1v) is 8.20. The predicted molar refractivity (Wildman–Crippen MR) is 72.1 cm³/mol. The van der Waals surface area contributed by atoms with Gasteiger partial charge in [-0.05, 0) is 51.9 Å². The second kappa shape index (κ2) is 4.49. The highest BCUT2D eigenvalue weighted by Gasteiger charge is 2.83. The lowest BCUT2D eigenvalue weighted by molar-refractivity contribution is -0.280. The van der Waals surface area contributed by atoms with E-state index in [2.05, 4.69) is 0 Å². The third kappa shape index (κ3) is 1.98. The molecule has 3 aliphatic rings. The van der Waals surface area contributed by atoms with Crippen LogP contribution >= 0.6 is 11.9 Å². The van der Waals surface area contributed by atoms with Crippen molar-refractivity contribution >= 4 is 11.9 Å². The summed E-state index contributed by atoms with van der Waals surface area (Å²) >= 11 is 0.00181. The van der Waals surface area contributed by atoms with E-state index in [0.717, 1.165) is 6.42 Å². The Morgan fingerprint density at radius 1 is 0.909 bits per heavy atom. The molecule has 0 aromatic carbocycles. The summed E-state index contributed by atoms with van der Waals surface area (Å²) in [7, 11) is 0. The molecule has 2 saturated carbocycles. The van der Waals surface area contributed by atoms with Crippen LogP contribution in [0.3, 0.4) is 0 Å². The Morgan fingerprint density at radius 3 is 1.86 bits per heavy atom. The first-order valence-electron chi connectivity index (χ1n) is 7.42. The number of halogens is 6. The first-order chi connectivity index (χ1) is 9.81. The lowest BCUT2D eigenvalue weighted by Crippen LogP contribution is -2.59. The van der Waals surface area contributed by atoms with E-state index in [4.69, 9.17) is 0 Å². The Balaban J connectivity index is 2.15. The Labute approximate surface area is 129 Å². The van der Waals surface area contributed by atoms with Gasteiger partial charge in [-0.2, -0.15) is 26.3 Å². The number of hydrogen-bond donors (Lipinski definition) is 0. The fourth-order valence-electron chi connectivity index (χ4n) is 4.67. The van der Waals surface area contributed by atoms with E-state index in [0.29, 0.717) is 12.8 Å². The van der Waals surface area contributed by atoms with E-state index in [1.54, 1.807) is 20.8 Å². The molecule has 0 N–H and O–H groups in total. The summed E-state index contributed by atoms with van der Waals surface area (Å²) < 4.78 is 79.8. The van der Waals surface area contributed by atoms with E-state index in [1.807, 2.05) is 0 Å². The normalized spacial score (nSPS) is 38.6. The minimum Gasteiger partial charge on any atom is -0.241 e. The highest BCUT2D eigenvalue weighted by molar-refractivity contribution is 7.98. The van der Waals surface area contributed by atoms with E-state index >= 15 is 0 Å². The zero-order chi connectivity index (χ0) is 16.7. The van der Waals surface area contributed by atoms with Gasteiger partial charge in [0, 0.05) is 17.5 Å². The van der Waals surface area contributed by atoms with Gasteiger partial charge in [-0.1, -0.05) is 11.9 Å². The SMILES string of the molecule is CC(C)(C)N1SC(C(F)(F)F)(C(F)(F)F)C2C3CCC(C3)C21. The van der Waals surface area contributed by atoms with Crippen LogP contribution in [0.1, 0.15) is 40.0 Å². The number of hydrogen-bond acceptors (Lipinski definition) is 2. The molecule has 2 aliphatic carbocycles. The Hall–Kier alpha value is -0.110. The van der Waals surface area contributed by atoms with Crippen LogP contribution in [-0.4, -0.2) is 33.0 Å². The van der Waals surface area contributed by atoms with Crippen molar-refractivity contribution in [3.8, 4) is 0 Å². The summed E-state index contributed by atoms with van der Waals surface area (Å²) in [6.07, 6.45) is -8.88. The summed E-state index contributed by atoms with van der Waals surface area (Å²) in [4.78, 5) is 0. The van der Waals surface area contributed by atoms with Crippen molar-refractivity contribution in [2.24, 2.45) is 17.8 Å². The van der Waals surface area contributed by atoms with Gasteiger partial charge in [-0.25, -0.2) is 4.31 Å². The molecule has 8 heteroatoms. The van der Waals surface area contributed by atoms with Crippen molar-refractivity contribution in [3.63, 3.8) is 0 Å². The van der Waals surface area contributed by atoms with Crippen LogP contribution in [0.4, 0.5) is 26.3 Å². The number of alkyl halides is 6. The minimum absolute atomic E-state index is 0.00181. The van der Waals surface area contributed by atoms with Gasteiger partial charge < -0.3 is 0 Å². The highest BCUT2D eigenvalue weighted by Crippen LogP contribution is 2.72. The molecule has 1 saturated heterocycles. The molecule has 0 spiro atoms. The zero-order valence-electron chi connectivity index (χ0n) is 12.6. The summed E-state index contributed by atoms with van der Waals surface area (Å²) in [5.74, 6) is -1.90. The van der Waals surface area contributed by atoms with Gasteiger partial charge in [0.1, 0.15) is 0 Å². The second-order valence-corrected chi connectivity index (χ2v) is 8.89. The zero-order valence-corrected chi connectivity index (χ0v) is 13.4. The average Bonchev–Trinajstić information content (AvgIpc) is 2.95. The van der Waals surface area contributed by atoms with Crippen LogP contribution in [0.15, 0.2) is 0 Å². The molecule has 4 atom stereocenters. The molecule has 3 fully saturated rings. The largest absolute Gasteiger partial charge is 0.413 e. The Morgan fingerprint density at radius 2 is 1.41 bits per heavy atom. The van der Waals surface area contributed by atoms with Crippen molar-refractivity contribution < 1.29 is 26.3 Å². The molecular weight excluding hydrogens is 328 g/mol. The molecule has 3 rings (SSSR count). The van der Waals surface area contributed by atoms with Crippen LogP contribution < -0.4 is 0 Å². The lowest BCUT2D eigenvalue weighted by atomic mass is 9.74. The minimum atomic E-state index is -5.30. The van der Waals surface area contributed by atoms with Crippen molar-refractivity contribution in [1.29, 1.82) is 0 Å². The quantitative estimate of drug-likeness (QED) is 0.447. The topological polar surface area (TPSA) is 3.24 Å². The molecular formula is C14H19F6NS. The Kier molecular flexibility index (Phi) is 3.42. The first kappa shape index (κ1) is 16.7. The molecule has 22 heavy (non-hydrogen) atoms. The monoisotopic (exact) mass is 347 g/mol. The maximum Gasteiger partial charge on any atom is 0.413 e. The Bertz CT molecular complexity index is 451. The fourth-order valence-corrected chi connectivity index (χ4v) is 6.34. The smallest absolute Gasteiger partial charge is 0.241 e. The third-order valence-electron chi connectivity index (χ3n) is 5.36. The molecule has 0 radical (unpaired) electrons. The molecule has 2 bridgehead atoms. The second-order valence-electron chi connectivity index (χ2n) is 7.67. The molecule has 0 amide bonds. The third-order valence-corrected chi connectivity index (χ3v) is 7.37. The average molecular weight is 347 g/mol. The van der Waals surface area contributed by atoms with Gasteiger partial charge in [-0.3, -0.25) is 0 Å². The highest BCUT2D eigenvalue weighted by atomic mass is 32.2. The van der Waals surface area contributed by atoms with Gasteiger partial charge in [0.25, 0.3) is 0 Å². The summed E-state index contributed by atoms with van der Waals surface area (Å²) in [6, 6.07) is -0.632. The molecule has 0 aromatic heterocycles. The van der Waals surface area contributed by atoms with Crippen molar-refractivity contribution in [3.05, 3.63) is 0 Å². The van der Waals surface area contributed by atoms with Crippen molar-refractivity contribution in [1.82, 2.24) is 4.31 Å². The maximum atomic E-state index is 13.7. The predicted octanol–water partition coefficient (Wildman–Crippen LogP) is 5.03. The maximum absolute atomic E-state index is 13.7. The standard InChI is InChI=1S/C14H19F6NS/c1-11(2,3)21-10-8-5-4-7(6-8)9(10)12(22-21,13(15,16)17)14(18,19)20/h7-10H,4-6H2,1-3H3. The van der Waals surface area contributed by atoms with Crippen LogP contribution in [0.5, 0.6) is 0 Å². The number of fused-ring (bicyclic) bond motifs is 5. The van der Waals surface area contributed by atoms with E-state index in [-0.39, 0.29) is 17.9 Å². The van der Waals surface area contributed by atoms with Gasteiger partial charge in [0.2, 0.25) is 4.75 Å².